The maximum absolute atomic E-state index is 14.2. The number of hydrogen-bond acceptors (Lipinski definition) is 4. The van der Waals surface area contributed by atoms with Gasteiger partial charge in [-0.25, -0.2) is 19.3 Å². The highest BCUT2D eigenvalue weighted by molar-refractivity contribution is 5.98. The number of benzene rings is 1. The number of rotatable bonds is 5. The molecule has 6 nitrogen and oxygen atoms in total. The van der Waals surface area contributed by atoms with E-state index in [4.69, 9.17) is 4.84 Å². The SMILES string of the molecule is Cc1ccc(=Nc2c(C(=O)NOCC3CC3)ccc(F)c2F)n(O)c1. The number of aryl methyl sites for hydroxylation is 1. The molecule has 2 N–H and O–H groups in total. The van der Waals surface area contributed by atoms with E-state index in [-0.39, 0.29) is 11.1 Å². The number of aromatic nitrogens is 1. The molecule has 1 aliphatic rings. The van der Waals surface area contributed by atoms with Crippen molar-refractivity contribution in [3.8, 4) is 0 Å². The van der Waals surface area contributed by atoms with Crippen LogP contribution in [0.5, 0.6) is 0 Å². The number of nitrogens with zero attached hydrogens (tertiary/aromatic N) is 2. The number of hydrogen-bond donors (Lipinski definition) is 2. The van der Waals surface area contributed by atoms with E-state index >= 15 is 0 Å². The van der Waals surface area contributed by atoms with E-state index in [0.717, 1.165) is 30.5 Å². The standard InChI is InChI=1S/C17H17F2N3O3/c1-10-2-7-14(22(24)8-10)20-16-12(5-6-13(18)15(16)19)17(23)21-25-9-11-3-4-11/h2,5-8,11,24H,3-4,9H2,1H3,(H,21,23). The lowest BCUT2D eigenvalue weighted by Crippen LogP contribution is -2.25. The fraction of sp³-hybridized carbons (Fsp3) is 0.294. The first-order chi connectivity index (χ1) is 12.0. The molecule has 1 aromatic carbocycles. The van der Waals surface area contributed by atoms with Crippen molar-refractivity contribution in [1.82, 2.24) is 10.2 Å². The minimum Gasteiger partial charge on any atom is -0.427 e. The molecule has 0 atom stereocenters. The maximum Gasteiger partial charge on any atom is 0.277 e. The van der Waals surface area contributed by atoms with Crippen molar-refractivity contribution in [3.63, 3.8) is 0 Å². The van der Waals surface area contributed by atoms with Gasteiger partial charge in [-0.3, -0.25) is 9.63 Å². The van der Waals surface area contributed by atoms with Gasteiger partial charge in [0, 0.05) is 6.20 Å². The lowest BCUT2D eigenvalue weighted by atomic mass is 10.1. The van der Waals surface area contributed by atoms with Gasteiger partial charge in [-0.2, -0.15) is 4.73 Å². The Labute approximate surface area is 142 Å². The number of halogens is 2. The van der Waals surface area contributed by atoms with E-state index in [0.29, 0.717) is 17.3 Å². The summed E-state index contributed by atoms with van der Waals surface area (Å²) >= 11 is 0. The van der Waals surface area contributed by atoms with Crippen molar-refractivity contribution < 1.29 is 23.6 Å². The van der Waals surface area contributed by atoms with Crippen molar-refractivity contribution in [2.75, 3.05) is 6.61 Å². The number of nitrogens with one attached hydrogen (secondary N) is 1. The molecule has 0 aliphatic heterocycles. The Morgan fingerprint density at radius 1 is 1.36 bits per heavy atom. The van der Waals surface area contributed by atoms with E-state index in [1.807, 2.05) is 0 Å². The van der Waals surface area contributed by atoms with Crippen LogP contribution in [0.3, 0.4) is 0 Å². The third kappa shape index (κ3) is 4.03. The highest BCUT2D eigenvalue weighted by Gasteiger charge is 2.23. The molecule has 1 heterocycles. The molecule has 8 heteroatoms. The quantitative estimate of drug-likeness (QED) is 0.644. The Morgan fingerprint density at radius 3 is 2.80 bits per heavy atom. The second-order valence-electron chi connectivity index (χ2n) is 5.96. The Balaban J connectivity index is 1.96. The molecule has 0 unspecified atom stereocenters. The van der Waals surface area contributed by atoms with E-state index in [2.05, 4.69) is 10.5 Å². The average molecular weight is 349 g/mol. The van der Waals surface area contributed by atoms with Crippen molar-refractivity contribution in [2.45, 2.75) is 19.8 Å². The van der Waals surface area contributed by atoms with Crippen LogP contribution < -0.4 is 11.0 Å². The number of hydroxylamine groups is 1. The number of carbonyl (C=O) groups is 1. The lowest BCUT2D eigenvalue weighted by Gasteiger charge is -2.09. The van der Waals surface area contributed by atoms with Gasteiger partial charge in [0.2, 0.25) is 0 Å². The monoisotopic (exact) mass is 349 g/mol. The lowest BCUT2D eigenvalue weighted by molar-refractivity contribution is 0.0270. The molecule has 25 heavy (non-hydrogen) atoms. The summed E-state index contributed by atoms with van der Waals surface area (Å²) in [5, 5.41) is 9.83. The zero-order chi connectivity index (χ0) is 18.0. The Morgan fingerprint density at radius 2 is 2.12 bits per heavy atom. The summed E-state index contributed by atoms with van der Waals surface area (Å²) in [4.78, 5) is 21.2. The predicted octanol–water partition coefficient (Wildman–Crippen LogP) is 2.62. The third-order valence-electron chi connectivity index (χ3n) is 3.78. The minimum absolute atomic E-state index is 0.0527. The van der Waals surface area contributed by atoms with Crippen molar-refractivity contribution in [3.05, 3.63) is 58.7 Å². The summed E-state index contributed by atoms with van der Waals surface area (Å²) < 4.78 is 28.5. The molecule has 1 aliphatic carbocycles. The van der Waals surface area contributed by atoms with Crippen LogP contribution in [0.15, 0.2) is 35.5 Å². The van der Waals surface area contributed by atoms with E-state index in [1.165, 1.54) is 12.3 Å². The summed E-state index contributed by atoms with van der Waals surface area (Å²) in [7, 11) is 0. The van der Waals surface area contributed by atoms with Gasteiger partial charge in [-0.1, -0.05) is 6.07 Å². The Hall–Kier alpha value is -2.74. The molecule has 0 bridgehead atoms. The van der Waals surface area contributed by atoms with Crippen LogP contribution in [0.2, 0.25) is 0 Å². The molecule has 3 rings (SSSR count). The molecule has 132 valence electrons. The number of pyridine rings is 1. The summed E-state index contributed by atoms with van der Waals surface area (Å²) in [6.45, 7) is 2.12. The second-order valence-corrected chi connectivity index (χ2v) is 5.96. The minimum atomic E-state index is -1.28. The summed E-state index contributed by atoms with van der Waals surface area (Å²) in [6, 6.07) is 5.02. The van der Waals surface area contributed by atoms with Crippen LogP contribution in [0, 0.1) is 24.5 Å². The zero-order valence-electron chi connectivity index (χ0n) is 13.5. The molecular formula is C17H17F2N3O3. The van der Waals surface area contributed by atoms with Gasteiger partial charge < -0.3 is 5.21 Å². The number of amides is 1. The molecule has 1 saturated carbocycles. The molecular weight excluding hydrogens is 332 g/mol. The van der Waals surface area contributed by atoms with Crippen LogP contribution >= 0.6 is 0 Å². The predicted molar refractivity (Wildman–Crippen MR) is 84.1 cm³/mol. The van der Waals surface area contributed by atoms with Crippen LogP contribution in [0.4, 0.5) is 14.5 Å². The molecule has 1 amide bonds. The zero-order valence-corrected chi connectivity index (χ0v) is 13.5. The summed E-state index contributed by atoms with van der Waals surface area (Å²) in [5.74, 6) is -2.74. The normalized spacial score (nSPS) is 14.6. The second kappa shape index (κ2) is 7.02. The van der Waals surface area contributed by atoms with Gasteiger partial charge >= 0.3 is 0 Å². The molecule has 0 spiro atoms. The first kappa shape index (κ1) is 17.1. The van der Waals surface area contributed by atoms with Gasteiger partial charge in [-0.05, 0) is 49.4 Å². The largest absolute Gasteiger partial charge is 0.427 e. The van der Waals surface area contributed by atoms with E-state index in [1.54, 1.807) is 13.0 Å². The van der Waals surface area contributed by atoms with Gasteiger partial charge in [-0.15, -0.1) is 0 Å². The molecule has 1 aromatic heterocycles. The van der Waals surface area contributed by atoms with Crippen LogP contribution in [0.25, 0.3) is 0 Å². The first-order valence-corrected chi connectivity index (χ1v) is 7.79. The fourth-order valence-corrected chi connectivity index (χ4v) is 2.18. The summed E-state index contributed by atoms with van der Waals surface area (Å²) in [5.41, 5.74) is 2.19. The molecule has 0 saturated heterocycles. The topological polar surface area (TPSA) is 75.8 Å². The third-order valence-corrected chi connectivity index (χ3v) is 3.78. The molecule has 1 fully saturated rings. The van der Waals surface area contributed by atoms with E-state index < -0.39 is 23.2 Å². The summed E-state index contributed by atoms with van der Waals surface area (Å²) in [6.07, 6.45) is 3.45. The van der Waals surface area contributed by atoms with Crippen LogP contribution in [-0.2, 0) is 4.84 Å². The highest BCUT2D eigenvalue weighted by atomic mass is 19.2. The molecule has 0 radical (unpaired) electrons. The number of carbonyl (C=O) groups excluding carboxylic acids is 1. The van der Waals surface area contributed by atoms with Crippen molar-refractivity contribution in [2.24, 2.45) is 10.9 Å². The van der Waals surface area contributed by atoms with Crippen molar-refractivity contribution >= 4 is 11.6 Å². The van der Waals surface area contributed by atoms with Crippen molar-refractivity contribution in [1.29, 1.82) is 0 Å². The Kier molecular flexibility index (Phi) is 4.80. The van der Waals surface area contributed by atoms with Crippen LogP contribution in [-0.4, -0.2) is 22.5 Å². The van der Waals surface area contributed by atoms with Gasteiger partial charge in [0.15, 0.2) is 17.1 Å². The molecule has 2 aromatic rings. The van der Waals surface area contributed by atoms with Gasteiger partial charge in [0.25, 0.3) is 5.91 Å². The average Bonchev–Trinajstić information content (AvgIpc) is 3.38. The highest BCUT2D eigenvalue weighted by Crippen LogP contribution is 2.29. The Bertz CT molecular complexity index is 876. The van der Waals surface area contributed by atoms with Crippen LogP contribution in [0.1, 0.15) is 28.8 Å². The van der Waals surface area contributed by atoms with E-state index in [9.17, 15) is 18.8 Å². The first-order valence-electron chi connectivity index (χ1n) is 7.79. The van der Waals surface area contributed by atoms with Gasteiger partial charge in [0.05, 0.1) is 12.2 Å². The fourth-order valence-electron chi connectivity index (χ4n) is 2.18. The van der Waals surface area contributed by atoms with Gasteiger partial charge in [0.1, 0.15) is 5.69 Å². The smallest absolute Gasteiger partial charge is 0.277 e. The maximum atomic E-state index is 14.2.